The van der Waals surface area contributed by atoms with Crippen LogP contribution < -0.4 is 4.72 Å². The monoisotopic (exact) mass is 437 g/mol. The van der Waals surface area contributed by atoms with Crippen LogP contribution in [0.2, 0.25) is 0 Å². The molecule has 0 heterocycles. The minimum absolute atomic E-state index is 0.0594. The number of hydrogen-bond acceptors (Lipinski definition) is 4. The van der Waals surface area contributed by atoms with Gasteiger partial charge in [-0.15, -0.1) is 0 Å². The lowest BCUT2D eigenvalue weighted by molar-refractivity contribution is 0.426. The number of rotatable bonds is 12. The molecule has 0 amide bonds. The third-order valence-corrected chi connectivity index (χ3v) is 6.64. The van der Waals surface area contributed by atoms with Gasteiger partial charge in [0.05, 0.1) is 0 Å². The van der Waals surface area contributed by atoms with Crippen molar-refractivity contribution < 1.29 is 18.6 Å². The number of nitrogens with one attached hydrogen (secondary N) is 1. The highest BCUT2D eigenvalue weighted by Crippen LogP contribution is 2.38. The molecule has 0 atom stereocenters. The standard InChI is InChI=1S/C24H39NO4S/c1-7-8-9-13-20-16-22(26)21(15-14-19(6)12-10-11-17(2)3)23(27)24(20)30(28,29)25-18(4)5/h11,14,16,18,25-27H,7-10,12-13,15H2,1-6H3. The number of aromatic hydroxyl groups is 2. The van der Waals surface area contributed by atoms with E-state index in [-0.39, 0.29) is 34.4 Å². The summed E-state index contributed by atoms with van der Waals surface area (Å²) in [6, 6.07) is 1.21. The van der Waals surface area contributed by atoms with Gasteiger partial charge in [-0.1, -0.05) is 43.1 Å². The molecule has 0 aliphatic heterocycles. The Balaban J connectivity index is 3.31. The topological polar surface area (TPSA) is 86.6 Å². The molecule has 1 aromatic carbocycles. The van der Waals surface area contributed by atoms with Crippen LogP contribution in [0.15, 0.2) is 34.3 Å². The summed E-state index contributed by atoms with van der Waals surface area (Å²) in [6.45, 7) is 11.7. The number of hydrogen-bond donors (Lipinski definition) is 3. The van der Waals surface area contributed by atoms with Crippen molar-refractivity contribution in [3.05, 3.63) is 40.5 Å². The Morgan fingerprint density at radius 1 is 1.13 bits per heavy atom. The Hall–Kier alpha value is -1.79. The summed E-state index contributed by atoms with van der Waals surface area (Å²) in [4.78, 5) is -0.101. The van der Waals surface area contributed by atoms with E-state index >= 15 is 0 Å². The molecule has 5 nitrogen and oxygen atoms in total. The predicted octanol–water partition coefficient (Wildman–Crippen LogP) is 5.75. The molecule has 0 fully saturated rings. The molecule has 170 valence electrons. The van der Waals surface area contributed by atoms with E-state index in [9.17, 15) is 18.6 Å². The number of aryl methyl sites for hydroxylation is 1. The van der Waals surface area contributed by atoms with Gasteiger partial charge in [0.1, 0.15) is 16.4 Å². The van der Waals surface area contributed by atoms with Crippen LogP contribution in [0.4, 0.5) is 0 Å². The van der Waals surface area contributed by atoms with Gasteiger partial charge in [0, 0.05) is 11.6 Å². The third-order valence-electron chi connectivity index (χ3n) is 4.87. The number of phenolic OH excluding ortho intramolecular Hbond substituents is 2. The molecule has 0 radical (unpaired) electrons. The van der Waals surface area contributed by atoms with E-state index in [1.54, 1.807) is 13.8 Å². The second-order valence-corrected chi connectivity index (χ2v) is 10.2. The largest absolute Gasteiger partial charge is 0.508 e. The maximum Gasteiger partial charge on any atom is 0.244 e. The van der Waals surface area contributed by atoms with Gasteiger partial charge in [0.2, 0.25) is 10.0 Å². The molecule has 0 saturated heterocycles. The molecule has 0 unspecified atom stereocenters. The van der Waals surface area contributed by atoms with Crippen LogP contribution in [0.5, 0.6) is 11.5 Å². The van der Waals surface area contributed by atoms with Crippen molar-refractivity contribution in [2.75, 3.05) is 0 Å². The Kier molecular flexibility index (Phi) is 10.6. The molecule has 0 saturated carbocycles. The smallest absolute Gasteiger partial charge is 0.244 e. The summed E-state index contributed by atoms with van der Waals surface area (Å²) < 4.78 is 28.5. The quantitative estimate of drug-likeness (QED) is 0.287. The second-order valence-electron chi connectivity index (χ2n) is 8.52. The van der Waals surface area contributed by atoms with Gasteiger partial charge in [0.15, 0.2) is 0 Å². The number of benzene rings is 1. The van der Waals surface area contributed by atoms with E-state index in [2.05, 4.69) is 31.6 Å². The lowest BCUT2D eigenvalue weighted by atomic mass is 10.00. The fourth-order valence-electron chi connectivity index (χ4n) is 3.32. The molecule has 6 heteroatoms. The van der Waals surface area contributed by atoms with Gasteiger partial charge in [0.25, 0.3) is 0 Å². The number of allylic oxidation sites excluding steroid dienone is 4. The number of phenols is 2. The minimum atomic E-state index is -3.90. The van der Waals surface area contributed by atoms with Gasteiger partial charge in [-0.3, -0.25) is 0 Å². The van der Waals surface area contributed by atoms with Crippen molar-refractivity contribution in [1.29, 1.82) is 0 Å². The molecular formula is C24H39NO4S. The maximum atomic E-state index is 12.9. The molecule has 1 aromatic rings. The van der Waals surface area contributed by atoms with E-state index in [0.29, 0.717) is 12.0 Å². The van der Waals surface area contributed by atoms with Crippen molar-refractivity contribution in [3.63, 3.8) is 0 Å². The summed E-state index contributed by atoms with van der Waals surface area (Å²) in [5, 5.41) is 21.4. The molecule has 30 heavy (non-hydrogen) atoms. The van der Waals surface area contributed by atoms with Gasteiger partial charge in [-0.05, 0) is 78.4 Å². The molecule has 0 aromatic heterocycles. The van der Waals surface area contributed by atoms with E-state index < -0.39 is 10.0 Å². The van der Waals surface area contributed by atoms with Crippen molar-refractivity contribution in [1.82, 2.24) is 4.72 Å². The van der Waals surface area contributed by atoms with Crippen LogP contribution in [0.25, 0.3) is 0 Å². The van der Waals surface area contributed by atoms with Crippen LogP contribution in [-0.4, -0.2) is 24.7 Å². The number of sulfonamides is 1. The first kappa shape index (κ1) is 26.2. The van der Waals surface area contributed by atoms with Gasteiger partial charge < -0.3 is 10.2 Å². The summed E-state index contributed by atoms with van der Waals surface area (Å²) >= 11 is 0. The van der Waals surface area contributed by atoms with Crippen molar-refractivity contribution in [2.45, 2.75) is 97.4 Å². The van der Waals surface area contributed by atoms with E-state index in [1.165, 1.54) is 11.6 Å². The molecule has 0 aliphatic rings. The molecule has 0 spiro atoms. The van der Waals surface area contributed by atoms with E-state index in [4.69, 9.17) is 0 Å². The average molecular weight is 438 g/mol. The van der Waals surface area contributed by atoms with Crippen molar-refractivity contribution >= 4 is 10.0 Å². The first-order valence-electron chi connectivity index (χ1n) is 10.9. The fraction of sp³-hybridized carbons (Fsp3) is 0.583. The summed E-state index contributed by atoms with van der Waals surface area (Å²) in [5.74, 6) is -0.404. The Labute approximate surface area is 183 Å². The highest BCUT2D eigenvalue weighted by Gasteiger charge is 2.27. The third kappa shape index (κ3) is 8.15. The van der Waals surface area contributed by atoms with Crippen molar-refractivity contribution in [3.8, 4) is 11.5 Å². The van der Waals surface area contributed by atoms with Crippen LogP contribution >= 0.6 is 0 Å². The normalized spacial score (nSPS) is 12.4. The zero-order valence-corrected chi connectivity index (χ0v) is 20.2. The first-order chi connectivity index (χ1) is 14.0. The molecular weight excluding hydrogens is 398 g/mol. The van der Waals surface area contributed by atoms with Crippen LogP contribution in [0.1, 0.15) is 84.8 Å². The van der Waals surface area contributed by atoms with Gasteiger partial charge >= 0.3 is 0 Å². The van der Waals surface area contributed by atoms with E-state index in [1.807, 2.05) is 13.0 Å². The van der Waals surface area contributed by atoms with Crippen molar-refractivity contribution in [2.24, 2.45) is 0 Å². The molecule has 0 aliphatic carbocycles. The van der Waals surface area contributed by atoms with Gasteiger partial charge in [-0.25, -0.2) is 13.1 Å². The summed E-state index contributed by atoms with van der Waals surface area (Å²) in [6.07, 6.45) is 9.42. The zero-order valence-electron chi connectivity index (χ0n) is 19.4. The Morgan fingerprint density at radius 3 is 2.37 bits per heavy atom. The lowest BCUT2D eigenvalue weighted by Gasteiger charge is -2.18. The highest BCUT2D eigenvalue weighted by molar-refractivity contribution is 7.89. The first-order valence-corrected chi connectivity index (χ1v) is 12.4. The van der Waals surface area contributed by atoms with Crippen LogP contribution in [0.3, 0.4) is 0 Å². The lowest BCUT2D eigenvalue weighted by Crippen LogP contribution is -2.31. The number of unbranched alkanes of at least 4 members (excludes halogenated alkanes) is 2. The Morgan fingerprint density at radius 2 is 1.80 bits per heavy atom. The van der Waals surface area contributed by atoms with Crippen LogP contribution in [-0.2, 0) is 22.9 Å². The molecule has 1 rings (SSSR count). The Bertz CT molecular complexity index is 864. The molecule has 3 N–H and O–H groups in total. The summed E-state index contributed by atoms with van der Waals surface area (Å²) in [5.41, 5.74) is 3.10. The highest BCUT2D eigenvalue weighted by atomic mass is 32.2. The summed E-state index contributed by atoms with van der Waals surface area (Å²) in [7, 11) is -3.90. The fourth-order valence-corrected chi connectivity index (χ4v) is 4.94. The average Bonchev–Trinajstić information content (AvgIpc) is 2.59. The zero-order chi connectivity index (χ0) is 22.9. The SMILES string of the molecule is CCCCCc1cc(O)c(CC=C(C)CCC=C(C)C)c(O)c1S(=O)(=O)NC(C)C. The predicted molar refractivity (Wildman–Crippen MR) is 125 cm³/mol. The second kappa shape index (κ2) is 12.2. The van der Waals surface area contributed by atoms with Crippen LogP contribution in [0, 0.1) is 0 Å². The minimum Gasteiger partial charge on any atom is -0.508 e. The van der Waals surface area contributed by atoms with Gasteiger partial charge in [-0.2, -0.15) is 0 Å². The molecule has 0 bridgehead atoms. The van der Waals surface area contributed by atoms with E-state index in [0.717, 1.165) is 37.7 Å². The maximum absolute atomic E-state index is 12.9.